The van der Waals surface area contributed by atoms with Crippen LogP contribution in [-0.2, 0) is 6.54 Å². The molecule has 0 aliphatic heterocycles. The van der Waals surface area contributed by atoms with E-state index in [0.29, 0.717) is 0 Å². The van der Waals surface area contributed by atoms with Crippen LogP contribution in [0.4, 0.5) is 0 Å². The van der Waals surface area contributed by atoms with Gasteiger partial charge in [0.25, 0.3) is 0 Å². The minimum absolute atomic E-state index is 0.953. The van der Waals surface area contributed by atoms with Gasteiger partial charge in [-0.2, -0.15) is 0 Å². The van der Waals surface area contributed by atoms with Gasteiger partial charge >= 0.3 is 0 Å². The second-order valence-electron chi connectivity index (χ2n) is 4.26. The standard InChI is InChI=1S/C13H16BrN3/c1-16(2)8-9-17-7-6-15-13(17)11-4-3-5-12(14)10-11/h3-7,10H,8-9H2,1-2H3. The summed E-state index contributed by atoms with van der Waals surface area (Å²) in [5, 5.41) is 0. The van der Waals surface area contributed by atoms with E-state index in [1.54, 1.807) is 0 Å². The lowest BCUT2D eigenvalue weighted by Gasteiger charge is -2.12. The third-order valence-corrected chi connectivity index (χ3v) is 3.08. The fourth-order valence-corrected chi connectivity index (χ4v) is 2.08. The summed E-state index contributed by atoms with van der Waals surface area (Å²) in [6, 6.07) is 8.23. The Morgan fingerprint density at radius 3 is 2.88 bits per heavy atom. The van der Waals surface area contributed by atoms with E-state index >= 15 is 0 Å². The minimum Gasteiger partial charge on any atom is -0.330 e. The van der Waals surface area contributed by atoms with E-state index in [1.165, 1.54) is 0 Å². The van der Waals surface area contributed by atoms with Crippen LogP contribution in [0.5, 0.6) is 0 Å². The predicted molar refractivity (Wildman–Crippen MR) is 73.9 cm³/mol. The Kier molecular flexibility index (Phi) is 3.97. The minimum atomic E-state index is 0.953. The van der Waals surface area contributed by atoms with Crippen LogP contribution in [0.1, 0.15) is 0 Å². The van der Waals surface area contributed by atoms with E-state index in [0.717, 1.165) is 29.0 Å². The number of halogens is 1. The summed E-state index contributed by atoms with van der Waals surface area (Å²) in [7, 11) is 4.16. The fraction of sp³-hybridized carbons (Fsp3) is 0.308. The molecule has 4 heteroatoms. The maximum absolute atomic E-state index is 4.43. The molecule has 0 amide bonds. The van der Waals surface area contributed by atoms with Crippen molar-refractivity contribution < 1.29 is 0 Å². The smallest absolute Gasteiger partial charge is 0.139 e. The first kappa shape index (κ1) is 12.3. The number of aromatic nitrogens is 2. The number of likely N-dealkylation sites (N-methyl/N-ethyl adjacent to an activating group) is 1. The third kappa shape index (κ3) is 3.17. The van der Waals surface area contributed by atoms with Gasteiger partial charge in [-0.3, -0.25) is 0 Å². The Bertz CT molecular complexity index is 491. The van der Waals surface area contributed by atoms with E-state index < -0.39 is 0 Å². The van der Waals surface area contributed by atoms with Crippen molar-refractivity contribution in [2.75, 3.05) is 20.6 Å². The highest BCUT2D eigenvalue weighted by molar-refractivity contribution is 9.10. The van der Waals surface area contributed by atoms with Crippen LogP contribution in [0.3, 0.4) is 0 Å². The summed E-state index contributed by atoms with van der Waals surface area (Å²) in [6.07, 6.45) is 3.88. The quantitative estimate of drug-likeness (QED) is 0.864. The van der Waals surface area contributed by atoms with E-state index in [9.17, 15) is 0 Å². The monoisotopic (exact) mass is 293 g/mol. The van der Waals surface area contributed by atoms with Crippen molar-refractivity contribution in [3.63, 3.8) is 0 Å². The molecule has 3 nitrogen and oxygen atoms in total. The molecule has 0 saturated heterocycles. The zero-order valence-corrected chi connectivity index (χ0v) is 11.7. The lowest BCUT2D eigenvalue weighted by atomic mass is 10.2. The van der Waals surface area contributed by atoms with Gasteiger partial charge in [-0.25, -0.2) is 4.98 Å². The number of hydrogen-bond acceptors (Lipinski definition) is 2. The molecular weight excluding hydrogens is 278 g/mol. The van der Waals surface area contributed by atoms with Gasteiger partial charge in [0, 0.05) is 35.5 Å². The average molecular weight is 294 g/mol. The first-order valence-electron chi connectivity index (χ1n) is 5.58. The largest absolute Gasteiger partial charge is 0.330 e. The normalized spacial score (nSPS) is 11.1. The Hall–Kier alpha value is -1.13. The molecule has 0 radical (unpaired) electrons. The summed E-state index contributed by atoms with van der Waals surface area (Å²) in [4.78, 5) is 6.60. The SMILES string of the molecule is CN(C)CCn1ccnc1-c1cccc(Br)c1. The number of rotatable bonds is 4. The molecule has 1 heterocycles. The number of imidazole rings is 1. The molecule has 0 spiro atoms. The summed E-state index contributed by atoms with van der Waals surface area (Å²) < 4.78 is 3.26. The van der Waals surface area contributed by atoms with Gasteiger partial charge in [0.1, 0.15) is 5.82 Å². The second kappa shape index (κ2) is 5.47. The lowest BCUT2D eigenvalue weighted by Crippen LogP contribution is -2.18. The molecule has 0 aliphatic carbocycles. The summed E-state index contributed by atoms with van der Waals surface area (Å²) >= 11 is 3.49. The van der Waals surface area contributed by atoms with E-state index in [1.807, 2.05) is 24.5 Å². The van der Waals surface area contributed by atoms with Gasteiger partial charge in [0.2, 0.25) is 0 Å². The van der Waals surface area contributed by atoms with Crippen LogP contribution in [0.25, 0.3) is 11.4 Å². The van der Waals surface area contributed by atoms with Crippen molar-refractivity contribution in [3.8, 4) is 11.4 Å². The van der Waals surface area contributed by atoms with Crippen molar-refractivity contribution in [1.82, 2.24) is 14.5 Å². The van der Waals surface area contributed by atoms with Crippen molar-refractivity contribution >= 4 is 15.9 Å². The third-order valence-electron chi connectivity index (χ3n) is 2.59. The molecule has 2 rings (SSSR count). The molecule has 0 bridgehead atoms. The van der Waals surface area contributed by atoms with E-state index in [2.05, 4.69) is 56.6 Å². The van der Waals surface area contributed by atoms with Gasteiger partial charge in [-0.05, 0) is 26.2 Å². The van der Waals surface area contributed by atoms with E-state index in [4.69, 9.17) is 0 Å². The highest BCUT2D eigenvalue weighted by Gasteiger charge is 2.06. The van der Waals surface area contributed by atoms with Crippen molar-refractivity contribution in [2.24, 2.45) is 0 Å². The molecule has 0 unspecified atom stereocenters. The maximum atomic E-state index is 4.43. The zero-order valence-electron chi connectivity index (χ0n) is 10.1. The van der Waals surface area contributed by atoms with Crippen molar-refractivity contribution in [2.45, 2.75) is 6.54 Å². The molecule has 0 N–H and O–H groups in total. The van der Waals surface area contributed by atoms with Crippen molar-refractivity contribution in [1.29, 1.82) is 0 Å². The molecule has 2 aromatic rings. The molecule has 1 aromatic carbocycles. The van der Waals surface area contributed by atoms with Crippen molar-refractivity contribution in [3.05, 3.63) is 41.1 Å². The van der Waals surface area contributed by atoms with Gasteiger partial charge in [0.05, 0.1) is 0 Å². The van der Waals surface area contributed by atoms with Gasteiger partial charge in [-0.1, -0.05) is 28.1 Å². The summed E-state index contributed by atoms with van der Waals surface area (Å²) in [5.74, 6) is 1.02. The maximum Gasteiger partial charge on any atom is 0.139 e. The molecule has 0 aliphatic rings. The van der Waals surface area contributed by atoms with Gasteiger partial charge in [0.15, 0.2) is 0 Å². The first-order chi connectivity index (χ1) is 8.16. The van der Waals surface area contributed by atoms with Crippen LogP contribution in [0, 0.1) is 0 Å². The van der Waals surface area contributed by atoms with Crippen LogP contribution in [0.15, 0.2) is 41.1 Å². The summed E-state index contributed by atoms with van der Waals surface area (Å²) in [5.41, 5.74) is 1.14. The highest BCUT2D eigenvalue weighted by Crippen LogP contribution is 2.21. The van der Waals surface area contributed by atoms with E-state index in [-0.39, 0.29) is 0 Å². The molecule has 17 heavy (non-hydrogen) atoms. The highest BCUT2D eigenvalue weighted by atomic mass is 79.9. The second-order valence-corrected chi connectivity index (χ2v) is 5.17. The number of hydrogen-bond donors (Lipinski definition) is 0. The molecule has 0 atom stereocenters. The van der Waals surface area contributed by atoms with Gasteiger partial charge < -0.3 is 9.47 Å². The first-order valence-corrected chi connectivity index (χ1v) is 6.38. The lowest BCUT2D eigenvalue weighted by molar-refractivity contribution is 0.385. The Balaban J connectivity index is 2.24. The molecule has 0 fully saturated rings. The van der Waals surface area contributed by atoms with Crippen LogP contribution < -0.4 is 0 Å². The molecular formula is C13H16BrN3. The van der Waals surface area contributed by atoms with Gasteiger partial charge in [-0.15, -0.1) is 0 Å². The van der Waals surface area contributed by atoms with Crippen LogP contribution >= 0.6 is 15.9 Å². The van der Waals surface area contributed by atoms with Crippen LogP contribution in [-0.4, -0.2) is 35.1 Å². The molecule has 1 aromatic heterocycles. The fourth-order valence-electron chi connectivity index (χ4n) is 1.69. The Morgan fingerprint density at radius 2 is 2.18 bits per heavy atom. The Morgan fingerprint density at radius 1 is 1.35 bits per heavy atom. The average Bonchev–Trinajstić information content (AvgIpc) is 2.74. The number of benzene rings is 1. The predicted octanol–water partition coefficient (Wildman–Crippen LogP) is 2.87. The zero-order chi connectivity index (χ0) is 12.3. The Labute approximate surface area is 110 Å². The number of nitrogens with zero attached hydrogens (tertiary/aromatic N) is 3. The molecule has 90 valence electrons. The summed E-state index contributed by atoms with van der Waals surface area (Å²) in [6.45, 7) is 1.96. The van der Waals surface area contributed by atoms with Crippen LogP contribution in [0.2, 0.25) is 0 Å². The molecule has 0 saturated carbocycles. The topological polar surface area (TPSA) is 21.1 Å².